The zero-order chi connectivity index (χ0) is 21.7. The summed E-state index contributed by atoms with van der Waals surface area (Å²) in [4.78, 5) is 7.76. The van der Waals surface area contributed by atoms with E-state index in [1.807, 2.05) is 30.3 Å². The Bertz CT molecular complexity index is 1290. The van der Waals surface area contributed by atoms with Gasteiger partial charge in [-0.3, -0.25) is 0 Å². The lowest BCUT2D eigenvalue weighted by Gasteiger charge is -2.06. The van der Waals surface area contributed by atoms with Gasteiger partial charge in [-0.05, 0) is 49.4 Å². The average molecular weight is 435 g/mol. The Labute approximate surface area is 178 Å². The highest BCUT2D eigenvalue weighted by Crippen LogP contribution is 2.32. The number of nitrogens with one attached hydrogen (secondary N) is 2. The number of para-hydroxylation sites is 1. The third-order valence-corrected chi connectivity index (χ3v) is 5.42. The van der Waals surface area contributed by atoms with Gasteiger partial charge in [-0.15, -0.1) is 5.11 Å². The first-order valence-electron chi connectivity index (χ1n) is 9.11. The molecule has 2 heterocycles. The Morgan fingerprint density at radius 3 is 2.32 bits per heavy atom. The number of hydrogen-bond donors (Lipinski definition) is 2. The zero-order valence-electron chi connectivity index (χ0n) is 16.3. The lowest BCUT2D eigenvalue weighted by molar-refractivity contribution is 0.400. The summed E-state index contributed by atoms with van der Waals surface area (Å²) in [5.41, 5.74) is 1.74. The minimum atomic E-state index is -3.82. The van der Waals surface area contributed by atoms with E-state index in [9.17, 15) is 8.42 Å². The van der Waals surface area contributed by atoms with Gasteiger partial charge in [0, 0.05) is 18.1 Å². The molecule has 11 heteroatoms. The quantitative estimate of drug-likeness (QED) is 0.401. The number of benzene rings is 2. The summed E-state index contributed by atoms with van der Waals surface area (Å²) < 4.78 is 32.4. The summed E-state index contributed by atoms with van der Waals surface area (Å²) >= 11 is 0. The van der Waals surface area contributed by atoms with Crippen molar-refractivity contribution in [3.63, 3.8) is 0 Å². The maximum atomic E-state index is 12.4. The van der Waals surface area contributed by atoms with E-state index in [1.165, 1.54) is 36.7 Å². The number of anilines is 3. The molecule has 0 bridgehead atoms. The van der Waals surface area contributed by atoms with Crippen molar-refractivity contribution < 1.29 is 12.9 Å². The monoisotopic (exact) mass is 435 g/mol. The second-order valence-electron chi connectivity index (χ2n) is 6.30. The number of aromatic nitrogens is 3. The minimum Gasteiger partial charge on any atom is -0.357 e. The van der Waals surface area contributed by atoms with Crippen LogP contribution in [-0.2, 0) is 10.0 Å². The van der Waals surface area contributed by atoms with Gasteiger partial charge in [-0.2, -0.15) is 5.11 Å². The molecule has 0 saturated heterocycles. The molecule has 2 N–H and O–H groups in total. The Morgan fingerprint density at radius 2 is 1.61 bits per heavy atom. The minimum absolute atomic E-state index is 0.00681. The van der Waals surface area contributed by atoms with Crippen LogP contribution in [0.5, 0.6) is 0 Å². The first kappa shape index (κ1) is 20.2. The largest absolute Gasteiger partial charge is 0.357 e. The number of azo groups is 1. The molecule has 4 rings (SSSR count). The van der Waals surface area contributed by atoms with E-state index in [4.69, 9.17) is 4.52 Å². The van der Waals surface area contributed by atoms with E-state index in [0.29, 0.717) is 23.0 Å². The predicted octanol–water partition coefficient (Wildman–Crippen LogP) is 4.73. The van der Waals surface area contributed by atoms with Crippen LogP contribution >= 0.6 is 0 Å². The van der Waals surface area contributed by atoms with Gasteiger partial charge < -0.3 is 9.84 Å². The molecule has 0 radical (unpaired) electrons. The zero-order valence-corrected chi connectivity index (χ0v) is 17.1. The molecule has 2 aromatic heterocycles. The molecule has 10 nitrogen and oxygen atoms in total. The molecule has 0 spiro atoms. The van der Waals surface area contributed by atoms with E-state index in [2.05, 4.69) is 35.4 Å². The second kappa shape index (κ2) is 8.71. The summed E-state index contributed by atoms with van der Waals surface area (Å²) in [5, 5.41) is 15.5. The van der Waals surface area contributed by atoms with Crippen molar-refractivity contribution in [3.05, 3.63) is 78.8 Å². The maximum absolute atomic E-state index is 12.4. The van der Waals surface area contributed by atoms with Gasteiger partial charge in [0.1, 0.15) is 0 Å². The smallest absolute Gasteiger partial charge is 0.264 e. The first-order chi connectivity index (χ1) is 15.0. The van der Waals surface area contributed by atoms with Gasteiger partial charge in [0.15, 0.2) is 11.4 Å². The molecule has 4 aromatic rings. The Balaban J connectivity index is 1.50. The van der Waals surface area contributed by atoms with E-state index in [0.717, 1.165) is 5.69 Å². The lowest BCUT2D eigenvalue weighted by Crippen LogP contribution is -2.14. The van der Waals surface area contributed by atoms with E-state index in [1.54, 1.807) is 13.0 Å². The summed E-state index contributed by atoms with van der Waals surface area (Å²) in [5.74, 6) is 0.916. The highest BCUT2D eigenvalue weighted by molar-refractivity contribution is 7.92. The number of hydrogen-bond acceptors (Lipinski definition) is 9. The number of nitrogens with zero attached hydrogens (tertiary/aromatic N) is 5. The molecule has 0 amide bonds. The predicted molar refractivity (Wildman–Crippen MR) is 114 cm³/mol. The Kier molecular flexibility index (Phi) is 5.67. The Hall–Kier alpha value is -4.12. The van der Waals surface area contributed by atoms with Crippen molar-refractivity contribution >= 4 is 38.9 Å². The van der Waals surface area contributed by atoms with Crippen LogP contribution in [0.4, 0.5) is 28.8 Å². The molecule has 2 aromatic carbocycles. The second-order valence-corrected chi connectivity index (χ2v) is 7.98. The van der Waals surface area contributed by atoms with Crippen molar-refractivity contribution in [3.8, 4) is 0 Å². The summed E-state index contributed by atoms with van der Waals surface area (Å²) in [6.45, 7) is 1.73. The molecular weight excluding hydrogens is 418 g/mol. The van der Waals surface area contributed by atoms with E-state index in [-0.39, 0.29) is 10.8 Å². The first-order valence-corrected chi connectivity index (χ1v) is 10.6. The Morgan fingerprint density at radius 1 is 0.903 bits per heavy atom. The van der Waals surface area contributed by atoms with Crippen LogP contribution in [0.3, 0.4) is 0 Å². The molecule has 0 aliphatic carbocycles. The molecule has 0 atom stereocenters. The van der Waals surface area contributed by atoms with Gasteiger partial charge in [0.05, 0.1) is 10.6 Å². The van der Waals surface area contributed by atoms with Crippen LogP contribution in [0.2, 0.25) is 0 Å². The van der Waals surface area contributed by atoms with Crippen LogP contribution in [0.25, 0.3) is 0 Å². The lowest BCUT2D eigenvalue weighted by atomic mass is 10.3. The van der Waals surface area contributed by atoms with Crippen molar-refractivity contribution in [1.82, 2.24) is 15.1 Å². The van der Waals surface area contributed by atoms with Crippen LogP contribution in [0, 0.1) is 6.92 Å². The van der Waals surface area contributed by atoms with Crippen LogP contribution in [0.1, 0.15) is 5.76 Å². The van der Waals surface area contributed by atoms with Gasteiger partial charge in [-0.1, -0.05) is 23.4 Å². The fourth-order valence-electron chi connectivity index (χ4n) is 2.56. The number of sulfonamides is 1. The van der Waals surface area contributed by atoms with Crippen molar-refractivity contribution in [2.75, 3.05) is 10.0 Å². The molecule has 0 saturated carbocycles. The molecule has 0 fully saturated rings. The van der Waals surface area contributed by atoms with Crippen LogP contribution in [-0.4, -0.2) is 23.5 Å². The van der Waals surface area contributed by atoms with E-state index < -0.39 is 10.0 Å². The topological polar surface area (TPSA) is 135 Å². The van der Waals surface area contributed by atoms with Crippen molar-refractivity contribution in [1.29, 1.82) is 0 Å². The van der Waals surface area contributed by atoms with E-state index >= 15 is 0 Å². The summed E-state index contributed by atoms with van der Waals surface area (Å²) in [6.07, 6.45) is 2.89. The molecule has 156 valence electrons. The van der Waals surface area contributed by atoms with Crippen molar-refractivity contribution in [2.45, 2.75) is 11.8 Å². The van der Waals surface area contributed by atoms with Gasteiger partial charge in [0.2, 0.25) is 11.8 Å². The molecule has 0 unspecified atom stereocenters. The molecule has 0 aliphatic rings. The molecule has 0 aliphatic heterocycles. The van der Waals surface area contributed by atoms with Gasteiger partial charge in [0.25, 0.3) is 10.0 Å². The van der Waals surface area contributed by atoms with Crippen LogP contribution < -0.4 is 10.0 Å². The number of rotatable bonds is 7. The summed E-state index contributed by atoms with van der Waals surface area (Å²) in [6, 6.07) is 17.0. The fourth-order valence-corrected chi connectivity index (χ4v) is 3.51. The normalized spacial score (nSPS) is 11.5. The fraction of sp³-hybridized carbons (Fsp3) is 0.0500. The maximum Gasteiger partial charge on any atom is 0.264 e. The molecular formula is C20H17N7O3S. The summed E-state index contributed by atoms with van der Waals surface area (Å²) in [7, 11) is -3.82. The third-order valence-electron chi connectivity index (χ3n) is 4.07. The third kappa shape index (κ3) is 4.90. The highest BCUT2D eigenvalue weighted by Gasteiger charge is 2.16. The molecule has 31 heavy (non-hydrogen) atoms. The standard InChI is InChI=1S/C20H17N7O3S/c1-14-18(19(26-30-14)23-15-6-3-2-4-7-15)25-24-16-8-10-17(11-9-16)31(28,29)27-20-21-12-5-13-22-20/h2-13H,1H3,(H,23,26)(H,21,22,27). The highest BCUT2D eigenvalue weighted by atomic mass is 32.2. The SMILES string of the molecule is Cc1onc(Nc2ccccc2)c1N=Nc1ccc(S(=O)(=O)Nc2ncccn2)cc1. The number of aryl methyl sites for hydroxylation is 1. The van der Waals surface area contributed by atoms with Crippen LogP contribution in [0.15, 0.2) is 92.7 Å². The van der Waals surface area contributed by atoms with Crippen molar-refractivity contribution in [2.24, 2.45) is 10.2 Å². The average Bonchev–Trinajstić information content (AvgIpc) is 3.12. The van der Waals surface area contributed by atoms with Gasteiger partial charge >= 0.3 is 0 Å². The van der Waals surface area contributed by atoms with Gasteiger partial charge in [-0.25, -0.2) is 23.1 Å².